The van der Waals surface area contributed by atoms with Gasteiger partial charge in [-0.15, -0.1) is 0 Å². The lowest BCUT2D eigenvalue weighted by Gasteiger charge is -2.20. The second-order valence-corrected chi connectivity index (χ2v) is 6.88. The van der Waals surface area contributed by atoms with Gasteiger partial charge in [-0.2, -0.15) is 0 Å². The molecule has 3 rings (SSSR count). The molecule has 0 fully saturated rings. The van der Waals surface area contributed by atoms with Crippen molar-refractivity contribution in [1.29, 1.82) is 0 Å². The van der Waals surface area contributed by atoms with Crippen LogP contribution in [0.3, 0.4) is 0 Å². The van der Waals surface area contributed by atoms with Crippen molar-refractivity contribution in [2.45, 2.75) is 32.3 Å². The molecule has 0 amide bonds. The largest absolute Gasteiger partial charge is 0.384 e. The van der Waals surface area contributed by atoms with Crippen molar-refractivity contribution in [1.82, 2.24) is 0 Å². The van der Waals surface area contributed by atoms with E-state index in [9.17, 15) is 5.11 Å². The second kappa shape index (κ2) is 5.58. The fraction of sp³-hybridized carbons (Fsp3) is 0.238. The summed E-state index contributed by atoms with van der Waals surface area (Å²) in [5.41, 5.74) is 3.28. The van der Waals surface area contributed by atoms with E-state index in [2.05, 4.69) is 57.2 Å². The first-order valence-electron chi connectivity index (χ1n) is 7.72. The second-order valence-electron chi connectivity index (χ2n) is 6.88. The summed E-state index contributed by atoms with van der Waals surface area (Å²) in [5.74, 6) is 0. The Balaban J connectivity index is 1.93. The zero-order valence-electron chi connectivity index (χ0n) is 13.4. The lowest BCUT2D eigenvalue weighted by Crippen LogP contribution is -2.11. The van der Waals surface area contributed by atoms with Gasteiger partial charge in [0.2, 0.25) is 0 Å². The molecule has 0 heterocycles. The number of fused-ring (bicyclic) bond motifs is 1. The van der Waals surface area contributed by atoms with E-state index in [0.717, 1.165) is 16.5 Å². The van der Waals surface area contributed by atoms with Crippen LogP contribution in [0.2, 0.25) is 0 Å². The predicted molar refractivity (Wildman–Crippen MR) is 93.2 cm³/mol. The third-order valence-electron chi connectivity index (χ3n) is 4.18. The first kappa shape index (κ1) is 14.8. The molecule has 1 N–H and O–H groups in total. The zero-order chi connectivity index (χ0) is 15.7. The highest BCUT2D eigenvalue weighted by molar-refractivity contribution is 5.83. The Kier molecular flexibility index (Phi) is 3.76. The molecular weight excluding hydrogens is 268 g/mol. The van der Waals surface area contributed by atoms with Gasteiger partial charge in [-0.25, -0.2) is 0 Å². The molecule has 3 aromatic rings. The van der Waals surface area contributed by atoms with Crippen LogP contribution < -0.4 is 0 Å². The minimum atomic E-state index is -0.585. The Morgan fingerprint density at radius 3 is 1.95 bits per heavy atom. The smallest absolute Gasteiger partial charge is 0.104 e. The molecule has 0 aliphatic rings. The Bertz CT molecular complexity index is 779. The molecule has 0 saturated heterocycles. The number of rotatable bonds is 2. The summed E-state index contributed by atoms with van der Waals surface area (Å²) in [6, 6.07) is 22.6. The van der Waals surface area contributed by atoms with E-state index in [1.165, 1.54) is 10.9 Å². The lowest BCUT2D eigenvalue weighted by atomic mass is 9.86. The van der Waals surface area contributed by atoms with Gasteiger partial charge in [-0.05, 0) is 38.9 Å². The van der Waals surface area contributed by atoms with Crippen molar-refractivity contribution < 1.29 is 5.11 Å². The van der Waals surface area contributed by atoms with Gasteiger partial charge in [-0.1, -0.05) is 81.4 Å². The summed E-state index contributed by atoms with van der Waals surface area (Å²) < 4.78 is 0. The van der Waals surface area contributed by atoms with E-state index in [4.69, 9.17) is 0 Å². The molecule has 1 nitrogen and oxygen atoms in total. The molecule has 0 bridgehead atoms. The van der Waals surface area contributed by atoms with Crippen LogP contribution in [0.25, 0.3) is 10.8 Å². The minimum Gasteiger partial charge on any atom is -0.384 e. The summed E-state index contributed by atoms with van der Waals surface area (Å²) >= 11 is 0. The summed E-state index contributed by atoms with van der Waals surface area (Å²) in [6.45, 7) is 6.59. The third-order valence-corrected chi connectivity index (χ3v) is 4.18. The van der Waals surface area contributed by atoms with Gasteiger partial charge >= 0.3 is 0 Å². The van der Waals surface area contributed by atoms with Crippen molar-refractivity contribution in [2.75, 3.05) is 0 Å². The monoisotopic (exact) mass is 290 g/mol. The van der Waals surface area contributed by atoms with Crippen LogP contribution in [-0.2, 0) is 5.41 Å². The van der Waals surface area contributed by atoms with E-state index < -0.39 is 6.10 Å². The maximum absolute atomic E-state index is 10.6. The van der Waals surface area contributed by atoms with Gasteiger partial charge in [-0.3, -0.25) is 0 Å². The van der Waals surface area contributed by atoms with Crippen LogP contribution in [-0.4, -0.2) is 5.11 Å². The Morgan fingerprint density at radius 2 is 1.32 bits per heavy atom. The molecule has 0 aliphatic carbocycles. The van der Waals surface area contributed by atoms with Crippen LogP contribution in [0.4, 0.5) is 0 Å². The van der Waals surface area contributed by atoms with E-state index >= 15 is 0 Å². The van der Waals surface area contributed by atoms with Gasteiger partial charge in [0.15, 0.2) is 0 Å². The fourth-order valence-corrected chi connectivity index (χ4v) is 2.74. The number of hydrogen-bond acceptors (Lipinski definition) is 1. The molecule has 22 heavy (non-hydrogen) atoms. The molecule has 0 radical (unpaired) electrons. The van der Waals surface area contributed by atoms with Crippen LogP contribution in [0, 0.1) is 0 Å². The van der Waals surface area contributed by atoms with E-state index in [1.807, 2.05) is 30.3 Å². The SMILES string of the molecule is CC(C)(C)c1ccc([C@@H](O)c2ccc3ccccc3c2)cc1. The maximum atomic E-state index is 10.6. The van der Waals surface area contributed by atoms with E-state index in [1.54, 1.807) is 0 Å². The Hall–Kier alpha value is -2.12. The summed E-state index contributed by atoms with van der Waals surface area (Å²) in [6.07, 6.45) is -0.585. The van der Waals surface area contributed by atoms with Gasteiger partial charge in [0.1, 0.15) is 6.10 Å². The number of aliphatic hydroxyl groups is 1. The molecule has 0 aromatic heterocycles. The van der Waals surface area contributed by atoms with E-state index in [-0.39, 0.29) is 5.41 Å². The van der Waals surface area contributed by atoms with Gasteiger partial charge in [0.25, 0.3) is 0 Å². The summed E-state index contributed by atoms with van der Waals surface area (Å²) in [7, 11) is 0. The molecule has 0 spiro atoms. The number of hydrogen-bond donors (Lipinski definition) is 1. The lowest BCUT2D eigenvalue weighted by molar-refractivity contribution is 0.220. The number of benzene rings is 3. The molecule has 112 valence electrons. The Labute approximate surface area is 132 Å². The highest BCUT2D eigenvalue weighted by atomic mass is 16.3. The van der Waals surface area contributed by atoms with Crippen molar-refractivity contribution in [3.8, 4) is 0 Å². The third kappa shape index (κ3) is 2.90. The van der Waals surface area contributed by atoms with Gasteiger partial charge in [0.05, 0.1) is 0 Å². The predicted octanol–water partition coefficient (Wildman–Crippen LogP) is 5.22. The summed E-state index contributed by atoms with van der Waals surface area (Å²) in [4.78, 5) is 0. The van der Waals surface area contributed by atoms with Gasteiger partial charge < -0.3 is 5.11 Å². The minimum absolute atomic E-state index is 0.131. The molecule has 0 aliphatic heterocycles. The van der Waals surface area contributed by atoms with Crippen LogP contribution in [0.15, 0.2) is 66.7 Å². The summed E-state index contributed by atoms with van der Waals surface area (Å²) in [5, 5.41) is 13.0. The van der Waals surface area contributed by atoms with Crippen LogP contribution in [0.5, 0.6) is 0 Å². The van der Waals surface area contributed by atoms with Crippen LogP contribution >= 0.6 is 0 Å². The first-order valence-corrected chi connectivity index (χ1v) is 7.72. The van der Waals surface area contributed by atoms with E-state index in [0.29, 0.717) is 0 Å². The quantitative estimate of drug-likeness (QED) is 0.686. The molecule has 3 aromatic carbocycles. The average Bonchev–Trinajstić information content (AvgIpc) is 2.53. The normalized spacial score (nSPS) is 13.3. The molecule has 0 saturated carbocycles. The highest BCUT2D eigenvalue weighted by Gasteiger charge is 2.15. The van der Waals surface area contributed by atoms with Crippen molar-refractivity contribution in [3.63, 3.8) is 0 Å². The highest BCUT2D eigenvalue weighted by Crippen LogP contribution is 2.28. The average molecular weight is 290 g/mol. The standard InChI is InChI=1S/C21H22O/c1-21(2,3)19-12-10-16(11-13-19)20(22)18-9-8-15-6-4-5-7-17(15)14-18/h4-14,20,22H,1-3H3/t20-/m1/s1. The fourth-order valence-electron chi connectivity index (χ4n) is 2.74. The van der Waals surface area contributed by atoms with Crippen LogP contribution in [0.1, 0.15) is 43.6 Å². The molecular formula is C21H22O. The molecule has 1 heteroatoms. The maximum Gasteiger partial charge on any atom is 0.104 e. The van der Waals surface area contributed by atoms with Crippen molar-refractivity contribution in [3.05, 3.63) is 83.4 Å². The first-order chi connectivity index (χ1) is 10.4. The topological polar surface area (TPSA) is 20.2 Å². The molecule has 0 unspecified atom stereocenters. The van der Waals surface area contributed by atoms with Gasteiger partial charge in [0, 0.05) is 0 Å². The van der Waals surface area contributed by atoms with Crippen molar-refractivity contribution in [2.24, 2.45) is 0 Å². The molecule has 1 atom stereocenters. The Morgan fingerprint density at radius 1 is 0.727 bits per heavy atom. The van der Waals surface area contributed by atoms with Crippen molar-refractivity contribution >= 4 is 10.8 Å². The zero-order valence-corrected chi connectivity index (χ0v) is 13.4. The number of aliphatic hydroxyl groups excluding tert-OH is 1.